The van der Waals surface area contributed by atoms with Crippen LogP contribution in [0.15, 0.2) is 24.3 Å². The Kier molecular flexibility index (Phi) is 4.43. The normalized spacial score (nSPS) is 10.2. The van der Waals surface area contributed by atoms with Crippen molar-refractivity contribution in [3.05, 3.63) is 29.8 Å². The molecule has 0 aliphatic heterocycles. The van der Waals surface area contributed by atoms with Gasteiger partial charge >= 0.3 is 0 Å². The van der Waals surface area contributed by atoms with Crippen LogP contribution in [-0.2, 0) is 6.54 Å². The minimum atomic E-state index is 0.591. The fourth-order valence-electron chi connectivity index (χ4n) is 1.51. The van der Waals surface area contributed by atoms with Crippen LogP contribution in [-0.4, -0.2) is 19.6 Å². The molecule has 0 aliphatic carbocycles. The third-order valence-corrected chi connectivity index (χ3v) is 2.29. The van der Waals surface area contributed by atoms with E-state index >= 15 is 0 Å². The highest BCUT2D eigenvalue weighted by Gasteiger charge is 2.02. The van der Waals surface area contributed by atoms with Gasteiger partial charge in [0.25, 0.3) is 0 Å². The largest absolute Gasteiger partial charge is 0.371 e. The topological polar surface area (TPSA) is 55.3 Å². The predicted octanol–water partition coefficient (Wildman–Crippen LogP) is 0.930. The van der Waals surface area contributed by atoms with E-state index in [1.54, 1.807) is 0 Å². The van der Waals surface area contributed by atoms with Gasteiger partial charge in [-0.15, -0.1) is 0 Å². The summed E-state index contributed by atoms with van der Waals surface area (Å²) in [6, 6.07) is 8.30. The van der Waals surface area contributed by atoms with Crippen LogP contribution < -0.4 is 16.4 Å². The quantitative estimate of drug-likeness (QED) is 0.731. The predicted molar refractivity (Wildman–Crippen MR) is 61.3 cm³/mol. The molecule has 78 valence electrons. The lowest BCUT2D eigenvalue weighted by Crippen LogP contribution is -2.29. The van der Waals surface area contributed by atoms with Gasteiger partial charge in [-0.3, -0.25) is 0 Å². The molecule has 0 atom stereocenters. The lowest BCUT2D eigenvalue weighted by molar-refractivity contribution is 0.815. The van der Waals surface area contributed by atoms with Crippen molar-refractivity contribution in [2.75, 3.05) is 24.5 Å². The molecule has 0 aliphatic rings. The average Bonchev–Trinajstić information content (AvgIpc) is 2.26. The molecule has 0 saturated heterocycles. The summed E-state index contributed by atoms with van der Waals surface area (Å²) in [5, 5.41) is 0. The minimum Gasteiger partial charge on any atom is -0.371 e. The molecule has 0 bridgehead atoms. The van der Waals surface area contributed by atoms with Gasteiger partial charge in [-0.2, -0.15) is 0 Å². The number of nitrogens with zero attached hydrogens (tertiary/aromatic N) is 1. The molecule has 0 saturated carbocycles. The van der Waals surface area contributed by atoms with Crippen LogP contribution in [0.3, 0.4) is 0 Å². The van der Waals surface area contributed by atoms with Crippen molar-refractivity contribution in [1.82, 2.24) is 0 Å². The highest BCUT2D eigenvalue weighted by molar-refractivity contribution is 5.48. The van der Waals surface area contributed by atoms with E-state index in [0.717, 1.165) is 18.7 Å². The summed E-state index contributed by atoms with van der Waals surface area (Å²) >= 11 is 0. The number of likely N-dealkylation sites (N-methyl/N-ethyl adjacent to an activating group) is 1. The van der Waals surface area contributed by atoms with Gasteiger partial charge in [-0.05, 0) is 24.6 Å². The zero-order chi connectivity index (χ0) is 10.4. The van der Waals surface area contributed by atoms with E-state index < -0.39 is 0 Å². The first-order chi connectivity index (χ1) is 6.81. The number of anilines is 1. The molecule has 1 rings (SSSR count). The molecule has 14 heavy (non-hydrogen) atoms. The van der Waals surface area contributed by atoms with Gasteiger partial charge in [-0.25, -0.2) is 0 Å². The molecule has 1 aromatic rings. The number of nitrogens with two attached hydrogens (primary N) is 2. The third-order valence-electron chi connectivity index (χ3n) is 2.29. The highest BCUT2D eigenvalue weighted by Crippen LogP contribution is 2.15. The molecule has 0 aromatic heterocycles. The van der Waals surface area contributed by atoms with Crippen LogP contribution in [0, 0.1) is 0 Å². The van der Waals surface area contributed by atoms with Crippen molar-refractivity contribution in [3.8, 4) is 0 Å². The highest BCUT2D eigenvalue weighted by atomic mass is 15.1. The Morgan fingerprint density at radius 2 is 2.07 bits per heavy atom. The number of rotatable bonds is 5. The molecule has 3 heteroatoms. The Bertz CT molecular complexity index is 273. The van der Waals surface area contributed by atoms with Gasteiger partial charge in [0.1, 0.15) is 0 Å². The molecular weight excluding hydrogens is 174 g/mol. The molecule has 0 unspecified atom stereocenters. The fraction of sp³-hybridized carbons (Fsp3) is 0.455. The Hall–Kier alpha value is -1.06. The molecule has 1 aromatic carbocycles. The summed E-state index contributed by atoms with van der Waals surface area (Å²) in [6.07, 6.45) is 0. The molecule has 0 radical (unpaired) electrons. The van der Waals surface area contributed by atoms with Crippen molar-refractivity contribution >= 4 is 5.69 Å². The van der Waals surface area contributed by atoms with E-state index in [2.05, 4.69) is 24.0 Å². The number of hydrogen-bond donors (Lipinski definition) is 2. The van der Waals surface area contributed by atoms with Gasteiger partial charge in [0.15, 0.2) is 0 Å². The SMILES string of the molecule is CCN(CCN)c1cccc(CN)c1. The number of hydrogen-bond acceptors (Lipinski definition) is 3. The van der Waals surface area contributed by atoms with Gasteiger partial charge in [-0.1, -0.05) is 12.1 Å². The minimum absolute atomic E-state index is 0.591. The maximum atomic E-state index is 5.59. The first-order valence-electron chi connectivity index (χ1n) is 5.05. The average molecular weight is 193 g/mol. The molecule has 3 nitrogen and oxygen atoms in total. The van der Waals surface area contributed by atoms with Gasteiger partial charge in [0.2, 0.25) is 0 Å². The molecule has 0 amide bonds. The summed E-state index contributed by atoms with van der Waals surface area (Å²) < 4.78 is 0. The lowest BCUT2D eigenvalue weighted by Gasteiger charge is -2.22. The first-order valence-corrected chi connectivity index (χ1v) is 5.05. The van der Waals surface area contributed by atoms with E-state index in [0.29, 0.717) is 13.1 Å². The third kappa shape index (κ3) is 2.72. The van der Waals surface area contributed by atoms with E-state index in [1.165, 1.54) is 5.69 Å². The molecule has 0 fully saturated rings. The van der Waals surface area contributed by atoms with Gasteiger partial charge < -0.3 is 16.4 Å². The smallest absolute Gasteiger partial charge is 0.0369 e. The van der Waals surface area contributed by atoms with Gasteiger partial charge in [0.05, 0.1) is 0 Å². The van der Waals surface area contributed by atoms with Crippen LogP contribution >= 0.6 is 0 Å². The Balaban J connectivity index is 2.80. The second kappa shape index (κ2) is 5.62. The lowest BCUT2D eigenvalue weighted by atomic mass is 10.2. The summed E-state index contributed by atoms with van der Waals surface area (Å²) in [5.41, 5.74) is 13.5. The van der Waals surface area contributed by atoms with E-state index in [4.69, 9.17) is 11.5 Å². The van der Waals surface area contributed by atoms with Crippen molar-refractivity contribution in [2.45, 2.75) is 13.5 Å². The monoisotopic (exact) mass is 193 g/mol. The van der Waals surface area contributed by atoms with Gasteiger partial charge in [0, 0.05) is 31.9 Å². The Labute approximate surface area is 85.7 Å². The van der Waals surface area contributed by atoms with Crippen LogP contribution in [0.4, 0.5) is 5.69 Å². The maximum Gasteiger partial charge on any atom is 0.0369 e. The van der Waals surface area contributed by atoms with Crippen LogP contribution in [0.5, 0.6) is 0 Å². The van der Waals surface area contributed by atoms with Crippen molar-refractivity contribution in [2.24, 2.45) is 11.5 Å². The molecular formula is C11H19N3. The molecule has 4 N–H and O–H groups in total. The van der Waals surface area contributed by atoms with Crippen molar-refractivity contribution < 1.29 is 0 Å². The van der Waals surface area contributed by atoms with E-state index in [9.17, 15) is 0 Å². The van der Waals surface area contributed by atoms with Crippen LogP contribution in [0.1, 0.15) is 12.5 Å². The summed E-state index contributed by atoms with van der Waals surface area (Å²) in [4.78, 5) is 2.25. The molecule has 0 heterocycles. The van der Waals surface area contributed by atoms with Crippen LogP contribution in [0.25, 0.3) is 0 Å². The van der Waals surface area contributed by atoms with Crippen LogP contribution in [0.2, 0.25) is 0 Å². The summed E-state index contributed by atoms with van der Waals surface area (Å²) in [5.74, 6) is 0. The summed E-state index contributed by atoms with van der Waals surface area (Å²) in [7, 11) is 0. The Morgan fingerprint density at radius 3 is 2.64 bits per heavy atom. The van der Waals surface area contributed by atoms with E-state index in [1.807, 2.05) is 12.1 Å². The summed E-state index contributed by atoms with van der Waals surface area (Å²) in [6.45, 7) is 5.27. The zero-order valence-electron chi connectivity index (χ0n) is 8.74. The molecule has 0 spiro atoms. The van der Waals surface area contributed by atoms with E-state index in [-0.39, 0.29) is 0 Å². The first kappa shape index (κ1) is 11.0. The van der Waals surface area contributed by atoms with Crippen molar-refractivity contribution in [3.63, 3.8) is 0 Å². The second-order valence-corrected chi connectivity index (χ2v) is 3.24. The Morgan fingerprint density at radius 1 is 1.29 bits per heavy atom. The standard InChI is InChI=1S/C11H19N3/c1-2-14(7-6-12)11-5-3-4-10(8-11)9-13/h3-5,8H,2,6-7,9,12-13H2,1H3. The number of benzene rings is 1. The zero-order valence-corrected chi connectivity index (χ0v) is 8.74. The van der Waals surface area contributed by atoms with Crippen molar-refractivity contribution in [1.29, 1.82) is 0 Å². The second-order valence-electron chi connectivity index (χ2n) is 3.24. The maximum absolute atomic E-state index is 5.59. The fourth-order valence-corrected chi connectivity index (χ4v) is 1.51.